The van der Waals surface area contributed by atoms with E-state index in [1.165, 1.54) is 5.56 Å². The van der Waals surface area contributed by atoms with E-state index in [1.807, 2.05) is 37.3 Å². The summed E-state index contributed by atoms with van der Waals surface area (Å²) in [5, 5.41) is 19.6. The molecule has 1 fully saturated rings. The first-order valence-corrected chi connectivity index (χ1v) is 9.65. The van der Waals surface area contributed by atoms with Gasteiger partial charge in [0, 0.05) is 12.8 Å². The number of hydrogen-bond donors (Lipinski definition) is 2. The number of rotatable bonds is 10. The molecule has 1 aromatic rings. The quantitative estimate of drug-likeness (QED) is 0.484. The van der Waals surface area contributed by atoms with Crippen LogP contribution in [0.5, 0.6) is 0 Å². The molecule has 5 nitrogen and oxygen atoms in total. The molecule has 27 heavy (non-hydrogen) atoms. The molecule has 0 unspecified atom stereocenters. The summed E-state index contributed by atoms with van der Waals surface area (Å²) in [7, 11) is 0. The molecule has 0 aliphatic carbocycles. The third kappa shape index (κ3) is 7.85. The molecule has 5 atom stereocenters. The Balaban J connectivity index is 1.59. The zero-order valence-electron chi connectivity index (χ0n) is 16.3. The van der Waals surface area contributed by atoms with Crippen LogP contribution < -0.4 is 0 Å². The summed E-state index contributed by atoms with van der Waals surface area (Å²) < 4.78 is 16.9. The fourth-order valence-corrected chi connectivity index (χ4v) is 2.90. The Labute approximate surface area is 162 Å². The molecule has 0 radical (unpaired) electrons. The van der Waals surface area contributed by atoms with Crippen LogP contribution in [0.25, 0.3) is 0 Å². The van der Waals surface area contributed by atoms with Crippen LogP contribution in [0.2, 0.25) is 0 Å². The molecule has 0 aromatic heterocycles. The second-order valence-corrected chi connectivity index (χ2v) is 7.06. The SMILES string of the molecule is C=C(/C=C/CC[C@@H](C)O[C@@H]1O[C@@H](C)[C@H](O)C[C@H]1O)OCCc1ccccc1. The van der Waals surface area contributed by atoms with Gasteiger partial charge in [0.05, 0.1) is 24.9 Å². The number of ether oxygens (including phenoxy) is 3. The first kappa shape index (κ1) is 21.6. The molecule has 0 bridgehead atoms. The smallest absolute Gasteiger partial charge is 0.184 e. The fourth-order valence-electron chi connectivity index (χ4n) is 2.90. The van der Waals surface area contributed by atoms with Crippen molar-refractivity contribution in [3.63, 3.8) is 0 Å². The van der Waals surface area contributed by atoms with E-state index < -0.39 is 18.5 Å². The molecule has 1 aromatic carbocycles. The van der Waals surface area contributed by atoms with Crippen LogP contribution in [-0.4, -0.2) is 47.5 Å². The summed E-state index contributed by atoms with van der Waals surface area (Å²) in [6.07, 6.45) is 4.09. The molecule has 2 N–H and O–H groups in total. The summed E-state index contributed by atoms with van der Waals surface area (Å²) in [6, 6.07) is 10.2. The topological polar surface area (TPSA) is 68.2 Å². The maximum atomic E-state index is 9.96. The van der Waals surface area contributed by atoms with Gasteiger partial charge in [0.2, 0.25) is 0 Å². The van der Waals surface area contributed by atoms with E-state index in [9.17, 15) is 10.2 Å². The lowest BCUT2D eigenvalue weighted by atomic mass is 10.0. The van der Waals surface area contributed by atoms with Crippen molar-refractivity contribution in [1.82, 2.24) is 0 Å². The normalized spacial score (nSPS) is 26.8. The van der Waals surface area contributed by atoms with Crippen LogP contribution in [0.4, 0.5) is 0 Å². The van der Waals surface area contributed by atoms with Crippen molar-refractivity contribution in [3.8, 4) is 0 Å². The van der Waals surface area contributed by atoms with Gasteiger partial charge in [-0.25, -0.2) is 0 Å². The highest BCUT2D eigenvalue weighted by Crippen LogP contribution is 2.22. The van der Waals surface area contributed by atoms with Crippen LogP contribution in [0.3, 0.4) is 0 Å². The number of hydrogen-bond acceptors (Lipinski definition) is 5. The minimum Gasteiger partial charge on any atom is -0.494 e. The van der Waals surface area contributed by atoms with E-state index in [0.717, 1.165) is 19.3 Å². The first-order valence-electron chi connectivity index (χ1n) is 9.65. The molecular formula is C22H32O5. The minimum absolute atomic E-state index is 0.0657. The summed E-state index contributed by atoms with van der Waals surface area (Å²) in [4.78, 5) is 0. The highest BCUT2D eigenvalue weighted by molar-refractivity contribution is 5.15. The zero-order valence-corrected chi connectivity index (χ0v) is 16.3. The molecule has 1 saturated heterocycles. The average molecular weight is 376 g/mol. The lowest BCUT2D eigenvalue weighted by molar-refractivity contribution is -0.273. The van der Waals surface area contributed by atoms with Gasteiger partial charge in [-0.3, -0.25) is 0 Å². The van der Waals surface area contributed by atoms with Crippen LogP contribution in [-0.2, 0) is 20.6 Å². The van der Waals surface area contributed by atoms with Crippen molar-refractivity contribution in [1.29, 1.82) is 0 Å². The Bertz CT molecular complexity index is 586. The molecule has 0 spiro atoms. The Morgan fingerprint density at radius 1 is 1.30 bits per heavy atom. The molecule has 1 aliphatic rings. The summed E-state index contributed by atoms with van der Waals surface area (Å²) in [6.45, 7) is 8.24. The highest BCUT2D eigenvalue weighted by Gasteiger charge is 2.35. The van der Waals surface area contributed by atoms with E-state index in [0.29, 0.717) is 12.4 Å². The van der Waals surface area contributed by atoms with Gasteiger partial charge in [-0.1, -0.05) is 43.0 Å². The van der Waals surface area contributed by atoms with Gasteiger partial charge < -0.3 is 24.4 Å². The largest absolute Gasteiger partial charge is 0.494 e. The monoisotopic (exact) mass is 376 g/mol. The van der Waals surface area contributed by atoms with Crippen molar-refractivity contribution >= 4 is 0 Å². The van der Waals surface area contributed by atoms with Gasteiger partial charge in [-0.05, 0) is 38.3 Å². The second-order valence-electron chi connectivity index (χ2n) is 7.06. The van der Waals surface area contributed by atoms with Crippen molar-refractivity contribution in [2.24, 2.45) is 0 Å². The standard InChI is InChI=1S/C22H32O5/c1-16(25-14-13-19-11-5-4-6-12-19)9-7-8-10-17(2)26-22-21(24)15-20(23)18(3)27-22/h4-7,9,11-12,17-18,20-24H,1,8,10,13-15H2,2-3H3/b9-7+/t17-,18+,20-,21-,22-/m1/s1. The van der Waals surface area contributed by atoms with Crippen molar-refractivity contribution in [2.45, 2.75) is 70.2 Å². The predicted octanol–water partition coefficient (Wildman–Crippen LogP) is 3.36. The Morgan fingerprint density at radius 3 is 2.78 bits per heavy atom. The maximum absolute atomic E-state index is 9.96. The maximum Gasteiger partial charge on any atom is 0.184 e. The third-order valence-electron chi connectivity index (χ3n) is 4.62. The molecule has 0 amide bonds. The highest BCUT2D eigenvalue weighted by atomic mass is 16.7. The Morgan fingerprint density at radius 2 is 2.04 bits per heavy atom. The first-order chi connectivity index (χ1) is 13.0. The number of aliphatic hydroxyl groups excluding tert-OH is 2. The van der Waals surface area contributed by atoms with Crippen molar-refractivity contribution < 1.29 is 24.4 Å². The predicted molar refractivity (Wildman–Crippen MR) is 105 cm³/mol. The number of benzene rings is 1. The van der Waals surface area contributed by atoms with Gasteiger partial charge >= 0.3 is 0 Å². The molecule has 150 valence electrons. The van der Waals surface area contributed by atoms with Gasteiger partial charge in [0.1, 0.15) is 11.9 Å². The zero-order chi connectivity index (χ0) is 19.6. The van der Waals surface area contributed by atoms with E-state index in [4.69, 9.17) is 14.2 Å². The summed E-state index contributed by atoms with van der Waals surface area (Å²) >= 11 is 0. The molecule has 5 heteroatoms. The molecule has 1 aliphatic heterocycles. The van der Waals surface area contributed by atoms with Crippen LogP contribution in [0.15, 0.2) is 54.8 Å². The van der Waals surface area contributed by atoms with Gasteiger partial charge in [-0.15, -0.1) is 0 Å². The molecule has 1 heterocycles. The van der Waals surface area contributed by atoms with Gasteiger partial charge in [0.25, 0.3) is 0 Å². The van der Waals surface area contributed by atoms with Crippen molar-refractivity contribution in [2.75, 3.05) is 6.61 Å². The summed E-state index contributed by atoms with van der Waals surface area (Å²) in [5.74, 6) is 0.647. The lowest BCUT2D eigenvalue weighted by Crippen LogP contribution is -2.48. The van der Waals surface area contributed by atoms with E-state index >= 15 is 0 Å². The van der Waals surface area contributed by atoms with E-state index in [2.05, 4.69) is 18.7 Å². The molecule has 2 rings (SSSR count). The lowest BCUT2D eigenvalue weighted by Gasteiger charge is -2.36. The average Bonchev–Trinajstić information content (AvgIpc) is 2.64. The van der Waals surface area contributed by atoms with E-state index in [-0.39, 0.29) is 18.6 Å². The molecular weight excluding hydrogens is 344 g/mol. The van der Waals surface area contributed by atoms with Crippen LogP contribution in [0, 0.1) is 0 Å². The second kappa shape index (κ2) is 11.2. The molecule has 0 saturated carbocycles. The van der Waals surface area contributed by atoms with Crippen LogP contribution >= 0.6 is 0 Å². The Kier molecular flexibility index (Phi) is 9.01. The number of allylic oxidation sites excluding steroid dienone is 2. The van der Waals surface area contributed by atoms with Crippen LogP contribution in [0.1, 0.15) is 38.7 Å². The van der Waals surface area contributed by atoms with Gasteiger partial charge in [-0.2, -0.15) is 0 Å². The summed E-state index contributed by atoms with van der Waals surface area (Å²) in [5.41, 5.74) is 1.24. The number of aliphatic hydroxyl groups is 2. The third-order valence-corrected chi connectivity index (χ3v) is 4.62. The minimum atomic E-state index is -0.799. The van der Waals surface area contributed by atoms with E-state index in [1.54, 1.807) is 6.92 Å². The Hall–Kier alpha value is -1.66. The fraction of sp³-hybridized carbons (Fsp3) is 0.545. The van der Waals surface area contributed by atoms with Crippen molar-refractivity contribution in [3.05, 3.63) is 60.4 Å². The van der Waals surface area contributed by atoms with Gasteiger partial charge in [0.15, 0.2) is 6.29 Å².